The molecule has 0 radical (unpaired) electrons. The molecular weight excluding hydrogens is 264 g/mol. The lowest BCUT2D eigenvalue weighted by Gasteiger charge is -2.11. The lowest BCUT2D eigenvalue weighted by atomic mass is 10.0. The Kier molecular flexibility index (Phi) is 5.06. The van der Waals surface area contributed by atoms with Crippen LogP contribution in [0.1, 0.15) is 23.1 Å². The quantitative estimate of drug-likeness (QED) is 0.606. The highest BCUT2D eigenvalue weighted by atomic mass is 32.2. The summed E-state index contributed by atoms with van der Waals surface area (Å²) in [5, 5.41) is 2.45. The average Bonchev–Trinajstić information content (AvgIpc) is 2.36. The number of nitrogens with zero attached hydrogens (tertiary/aromatic N) is 2. The Balaban J connectivity index is 2.20. The average molecular weight is 288 g/mol. The number of aryl methyl sites for hydroxylation is 3. The van der Waals surface area contributed by atoms with Crippen molar-refractivity contribution < 1.29 is 0 Å². The number of rotatable bonds is 5. The summed E-state index contributed by atoms with van der Waals surface area (Å²) < 4.78 is 0. The maximum atomic E-state index is 4.84. The van der Waals surface area contributed by atoms with E-state index >= 15 is 0 Å². The van der Waals surface area contributed by atoms with Crippen LogP contribution in [0.5, 0.6) is 0 Å². The predicted molar refractivity (Wildman–Crippen MR) is 89.8 cm³/mol. The van der Waals surface area contributed by atoms with Crippen LogP contribution in [-0.2, 0) is 0 Å². The van der Waals surface area contributed by atoms with Crippen molar-refractivity contribution >= 4 is 22.7 Å². The van der Waals surface area contributed by atoms with Crippen LogP contribution >= 0.6 is 11.8 Å². The zero-order chi connectivity index (χ0) is 14.7. The molecule has 0 aliphatic carbocycles. The molecule has 0 bridgehead atoms. The van der Waals surface area contributed by atoms with Crippen LogP contribution in [-0.4, -0.2) is 36.3 Å². The molecule has 0 amide bonds. The molecule has 20 heavy (non-hydrogen) atoms. The van der Waals surface area contributed by atoms with E-state index in [1.807, 2.05) is 11.8 Å². The highest BCUT2D eigenvalue weighted by Crippen LogP contribution is 2.27. The molecule has 2 nitrogen and oxygen atoms in total. The third kappa shape index (κ3) is 3.74. The van der Waals surface area contributed by atoms with E-state index in [0.717, 1.165) is 22.8 Å². The summed E-state index contributed by atoms with van der Waals surface area (Å²) in [4.78, 5) is 7.07. The Morgan fingerprint density at radius 2 is 1.80 bits per heavy atom. The minimum atomic E-state index is 1.13. The van der Waals surface area contributed by atoms with Gasteiger partial charge in [-0.15, -0.1) is 11.8 Å². The molecule has 2 rings (SSSR count). The van der Waals surface area contributed by atoms with Gasteiger partial charge in [-0.25, -0.2) is 4.98 Å². The van der Waals surface area contributed by atoms with E-state index in [2.05, 4.69) is 58.0 Å². The van der Waals surface area contributed by atoms with Crippen LogP contribution in [0, 0.1) is 20.8 Å². The number of hydrogen-bond acceptors (Lipinski definition) is 3. The number of aromatic nitrogens is 1. The molecule has 1 aromatic heterocycles. The third-order valence-electron chi connectivity index (χ3n) is 3.43. The van der Waals surface area contributed by atoms with Crippen LogP contribution in [0.3, 0.4) is 0 Å². The van der Waals surface area contributed by atoms with E-state index in [0.29, 0.717) is 0 Å². The Bertz CT molecular complexity index is 605. The van der Waals surface area contributed by atoms with Crippen molar-refractivity contribution in [1.82, 2.24) is 9.88 Å². The maximum Gasteiger partial charge on any atom is 0.0970 e. The largest absolute Gasteiger partial charge is 0.309 e. The van der Waals surface area contributed by atoms with E-state index in [1.165, 1.54) is 28.5 Å². The molecule has 2 aromatic rings. The second kappa shape index (κ2) is 6.59. The number of thioether (sulfide) groups is 1. The molecule has 0 fully saturated rings. The lowest BCUT2D eigenvalue weighted by molar-refractivity contribution is 0.410. The van der Waals surface area contributed by atoms with Crippen LogP contribution < -0.4 is 0 Å². The van der Waals surface area contributed by atoms with E-state index < -0.39 is 0 Å². The summed E-state index contributed by atoms with van der Waals surface area (Å²) in [6, 6.07) is 6.68. The van der Waals surface area contributed by atoms with Crippen molar-refractivity contribution in [3.63, 3.8) is 0 Å². The fraction of sp³-hybridized carbons (Fsp3) is 0.471. The number of hydrogen-bond donors (Lipinski definition) is 0. The van der Waals surface area contributed by atoms with Crippen molar-refractivity contribution in [3.8, 4) is 0 Å². The molecule has 3 heteroatoms. The van der Waals surface area contributed by atoms with Crippen molar-refractivity contribution in [2.75, 3.05) is 26.4 Å². The van der Waals surface area contributed by atoms with Gasteiger partial charge in [-0.1, -0.05) is 11.6 Å². The molecule has 0 atom stereocenters. The van der Waals surface area contributed by atoms with Crippen LogP contribution in [0.25, 0.3) is 10.9 Å². The Hall–Kier alpha value is -1.06. The Morgan fingerprint density at radius 1 is 1.05 bits per heavy atom. The van der Waals surface area contributed by atoms with Crippen LogP contribution in [0.4, 0.5) is 0 Å². The summed E-state index contributed by atoms with van der Waals surface area (Å²) in [7, 11) is 4.24. The van der Waals surface area contributed by atoms with Gasteiger partial charge in [0.2, 0.25) is 0 Å². The number of benzene rings is 1. The van der Waals surface area contributed by atoms with Crippen molar-refractivity contribution in [2.45, 2.75) is 32.2 Å². The normalized spacial score (nSPS) is 11.5. The van der Waals surface area contributed by atoms with Gasteiger partial charge in [0.05, 0.1) is 10.5 Å². The van der Waals surface area contributed by atoms with Gasteiger partial charge in [-0.05, 0) is 71.1 Å². The smallest absolute Gasteiger partial charge is 0.0970 e. The SMILES string of the molecule is Cc1cc(C)c2nc(SCCCN(C)C)cc(C)c2c1. The minimum Gasteiger partial charge on any atom is -0.309 e. The third-order valence-corrected chi connectivity index (χ3v) is 4.43. The van der Waals surface area contributed by atoms with Gasteiger partial charge in [-0.2, -0.15) is 0 Å². The Labute approximate surface area is 126 Å². The first-order chi connectivity index (χ1) is 9.47. The summed E-state index contributed by atoms with van der Waals surface area (Å²) in [5.41, 5.74) is 5.08. The summed E-state index contributed by atoms with van der Waals surface area (Å²) in [6.45, 7) is 7.63. The van der Waals surface area contributed by atoms with E-state index in [1.54, 1.807) is 0 Å². The zero-order valence-electron chi connectivity index (χ0n) is 13.2. The van der Waals surface area contributed by atoms with E-state index in [4.69, 9.17) is 4.98 Å². The van der Waals surface area contributed by atoms with Gasteiger partial charge in [0.15, 0.2) is 0 Å². The van der Waals surface area contributed by atoms with E-state index in [-0.39, 0.29) is 0 Å². The molecular formula is C17H24N2S. The molecule has 0 spiro atoms. The molecule has 1 heterocycles. The lowest BCUT2D eigenvalue weighted by Crippen LogP contribution is -2.13. The molecule has 0 saturated carbocycles. The summed E-state index contributed by atoms with van der Waals surface area (Å²) >= 11 is 1.87. The van der Waals surface area contributed by atoms with Crippen molar-refractivity contribution in [2.24, 2.45) is 0 Å². The first-order valence-corrected chi connectivity index (χ1v) is 8.12. The summed E-state index contributed by atoms with van der Waals surface area (Å²) in [5.74, 6) is 1.13. The highest BCUT2D eigenvalue weighted by Gasteiger charge is 2.06. The first-order valence-electron chi connectivity index (χ1n) is 7.13. The zero-order valence-corrected chi connectivity index (χ0v) is 14.0. The molecule has 0 aliphatic rings. The fourth-order valence-corrected chi connectivity index (χ4v) is 3.34. The number of pyridine rings is 1. The molecule has 1 aromatic carbocycles. The van der Waals surface area contributed by atoms with Gasteiger partial charge >= 0.3 is 0 Å². The molecule has 0 unspecified atom stereocenters. The monoisotopic (exact) mass is 288 g/mol. The van der Waals surface area contributed by atoms with Gasteiger partial charge in [0.1, 0.15) is 0 Å². The maximum absolute atomic E-state index is 4.84. The number of fused-ring (bicyclic) bond motifs is 1. The molecule has 0 saturated heterocycles. The molecule has 108 valence electrons. The second-order valence-electron chi connectivity index (χ2n) is 5.76. The van der Waals surface area contributed by atoms with Gasteiger partial charge in [-0.3, -0.25) is 0 Å². The topological polar surface area (TPSA) is 16.1 Å². The van der Waals surface area contributed by atoms with Gasteiger partial charge in [0, 0.05) is 11.1 Å². The van der Waals surface area contributed by atoms with Crippen molar-refractivity contribution in [3.05, 3.63) is 34.9 Å². The highest BCUT2D eigenvalue weighted by molar-refractivity contribution is 7.99. The standard InChI is InChI=1S/C17H24N2S/c1-12-9-14(3)17-15(10-12)13(2)11-16(18-17)20-8-6-7-19(4)5/h9-11H,6-8H2,1-5H3. The Morgan fingerprint density at radius 3 is 2.50 bits per heavy atom. The minimum absolute atomic E-state index is 1.13. The van der Waals surface area contributed by atoms with Crippen LogP contribution in [0.2, 0.25) is 0 Å². The van der Waals surface area contributed by atoms with Gasteiger partial charge in [0.25, 0.3) is 0 Å². The van der Waals surface area contributed by atoms with Gasteiger partial charge < -0.3 is 4.90 Å². The van der Waals surface area contributed by atoms with E-state index in [9.17, 15) is 0 Å². The predicted octanol–water partition coefficient (Wildman–Crippen LogP) is 4.20. The first kappa shape index (κ1) is 15.3. The second-order valence-corrected chi connectivity index (χ2v) is 6.88. The van der Waals surface area contributed by atoms with Crippen LogP contribution in [0.15, 0.2) is 23.2 Å². The molecule has 0 aliphatic heterocycles. The summed E-state index contributed by atoms with van der Waals surface area (Å²) in [6.07, 6.45) is 1.20. The van der Waals surface area contributed by atoms with Crippen molar-refractivity contribution in [1.29, 1.82) is 0 Å². The fourth-order valence-electron chi connectivity index (χ4n) is 2.45. The molecule has 0 N–H and O–H groups in total.